The molecule has 5 nitrogen and oxygen atoms in total. The number of carbonyl (C=O) groups is 1. The minimum Gasteiger partial charge on any atom is -0.497 e. The first-order chi connectivity index (χ1) is 14.4. The van der Waals surface area contributed by atoms with Crippen LogP contribution in [0.5, 0.6) is 5.75 Å². The zero-order valence-corrected chi connectivity index (χ0v) is 17.9. The summed E-state index contributed by atoms with van der Waals surface area (Å²) < 4.78 is 32.6. The van der Waals surface area contributed by atoms with Crippen molar-refractivity contribution in [1.29, 1.82) is 0 Å². The van der Waals surface area contributed by atoms with Crippen LogP contribution in [0.2, 0.25) is 0 Å². The van der Waals surface area contributed by atoms with Crippen LogP contribution in [0.1, 0.15) is 9.67 Å². The van der Waals surface area contributed by atoms with Crippen molar-refractivity contribution in [2.45, 2.75) is 0 Å². The molecule has 3 N–H and O–H groups in total. The number of hydrogen-bond acceptors (Lipinski definition) is 5. The maximum absolute atomic E-state index is 14.1. The third-order valence-electron chi connectivity index (χ3n) is 4.43. The molecule has 2 aromatic carbocycles. The number of thiophene rings is 1. The molecule has 30 heavy (non-hydrogen) atoms. The molecule has 0 bridgehead atoms. The van der Waals surface area contributed by atoms with Crippen LogP contribution in [-0.2, 0) is 0 Å². The van der Waals surface area contributed by atoms with E-state index >= 15 is 0 Å². The number of hydrogen-bond donors (Lipinski definition) is 2. The second kappa shape index (κ2) is 8.00. The quantitative estimate of drug-likeness (QED) is 0.377. The highest BCUT2D eigenvalue weighted by molar-refractivity contribution is 9.10. The summed E-state index contributed by atoms with van der Waals surface area (Å²) in [6, 6.07) is 12.8. The van der Waals surface area contributed by atoms with Crippen LogP contribution < -0.4 is 15.8 Å². The summed E-state index contributed by atoms with van der Waals surface area (Å²) in [5.41, 5.74) is 7.83. The monoisotopic (exact) mass is 489 g/mol. The van der Waals surface area contributed by atoms with Crippen LogP contribution in [0, 0.1) is 11.6 Å². The van der Waals surface area contributed by atoms with E-state index in [2.05, 4.69) is 26.2 Å². The van der Waals surface area contributed by atoms with E-state index in [4.69, 9.17) is 10.5 Å². The van der Waals surface area contributed by atoms with Gasteiger partial charge in [0.1, 0.15) is 21.3 Å². The van der Waals surface area contributed by atoms with Gasteiger partial charge in [-0.2, -0.15) is 0 Å². The van der Waals surface area contributed by atoms with E-state index in [1.165, 1.54) is 0 Å². The fraction of sp³-hybridized carbons (Fsp3) is 0.0476. The van der Waals surface area contributed by atoms with Crippen LogP contribution in [-0.4, -0.2) is 18.0 Å². The van der Waals surface area contributed by atoms with Crippen molar-refractivity contribution in [3.63, 3.8) is 0 Å². The maximum Gasteiger partial charge on any atom is 0.268 e. The van der Waals surface area contributed by atoms with E-state index < -0.39 is 17.5 Å². The van der Waals surface area contributed by atoms with Crippen molar-refractivity contribution < 1.29 is 18.3 Å². The van der Waals surface area contributed by atoms with Gasteiger partial charge in [0.15, 0.2) is 5.82 Å². The predicted molar refractivity (Wildman–Crippen MR) is 118 cm³/mol. The zero-order chi connectivity index (χ0) is 21.4. The average Bonchev–Trinajstić information content (AvgIpc) is 3.06. The van der Waals surface area contributed by atoms with Gasteiger partial charge in [-0.15, -0.1) is 11.3 Å². The number of aromatic nitrogens is 1. The smallest absolute Gasteiger partial charge is 0.268 e. The number of carbonyl (C=O) groups excluding carboxylic acids is 1. The van der Waals surface area contributed by atoms with E-state index in [-0.39, 0.29) is 20.7 Å². The lowest BCUT2D eigenvalue weighted by Crippen LogP contribution is -2.13. The number of nitrogens with one attached hydrogen (secondary N) is 1. The average molecular weight is 490 g/mol. The fourth-order valence-corrected chi connectivity index (χ4v) is 4.42. The first-order valence-electron chi connectivity index (χ1n) is 8.66. The largest absolute Gasteiger partial charge is 0.497 e. The van der Waals surface area contributed by atoms with Gasteiger partial charge in [-0.05, 0) is 58.4 Å². The Bertz CT molecular complexity index is 1250. The summed E-state index contributed by atoms with van der Waals surface area (Å²) in [7, 11) is 1.59. The minimum absolute atomic E-state index is 0.0907. The van der Waals surface area contributed by atoms with Crippen LogP contribution in [0.15, 0.2) is 53.0 Å². The van der Waals surface area contributed by atoms with Gasteiger partial charge in [0.2, 0.25) is 0 Å². The number of nitrogens with zero attached hydrogens (tertiary/aromatic N) is 1. The normalized spacial score (nSPS) is 10.9. The Hall–Kier alpha value is -3.04. The van der Waals surface area contributed by atoms with Gasteiger partial charge in [0.25, 0.3) is 5.91 Å². The number of amides is 1. The van der Waals surface area contributed by atoms with Crippen LogP contribution in [0.25, 0.3) is 21.5 Å². The Morgan fingerprint density at radius 2 is 1.90 bits per heavy atom. The predicted octanol–water partition coefficient (Wildman–Crippen LogP) is 5.85. The van der Waals surface area contributed by atoms with Gasteiger partial charge in [0.05, 0.1) is 24.2 Å². The lowest BCUT2D eigenvalue weighted by Gasteiger charge is -2.08. The molecule has 2 heterocycles. The van der Waals surface area contributed by atoms with E-state index in [1.807, 2.05) is 30.3 Å². The summed E-state index contributed by atoms with van der Waals surface area (Å²) in [5, 5.41) is 3.07. The van der Waals surface area contributed by atoms with E-state index in [9.17, 15) is 13.6 Å². The molecule has 2 aromatic heterocycles. The van der Waals surface area contributed by atoms with Crippen LogP contribution >= 0.6 is 27.3 Å². The molecule has 0 fully saturated rings. The Balaban J connectivity index is 1.68. The van der Waals surface area contributed by atoms with Crippen molar-refractivity contribution in [3.8, 4) is 17.0 Å². The van der Waals surface area contributed by atoms with Crippen molar-refractivity contribution >= 4 is 54.8 Å². The Kier molecular flexibility index (Phi) is 5.40. The number of rotatable bonds is 4. The molecule has 0 saturated heterocycles. The van der Waals surface area contributed by atoms with Crippen molar-refractivity contribution in [2.24, 2.45) is 0 Å². The number of benzene rings is 2. The summed E-state index contributed by atoms with van der Waals surface area (Å²) in [6.07, 6.45) is 0. The molecule has 4 aromatic rings. The first-order valence-corrected chi connectivity index (χ1v) is 10.3. The maximum atomic E-state index is 14.1. The molecule has 0 spiro atoms. The van der Waals surface area contributed by atoms with Crippen molar-refractivity contribution in [2.75, 3.05) is 18.2 Å². The number of fused-ring (bicyclic) bond motifs is 1. The molecule has 152 valence electrons. The molecule has 0 aliphatic heterocycles. The number of pyridine rings is 1. The number of methoxy groups -OCH3 is 1. The summed E-state index contributed by atoms with van der Waals surface area (Å²) in [5.74, 6) is -1.52. The van der Waals surface area contributed by atoms with Gasteiger partial charge in [0, 0.05) is 21.5 Å². The third kappa shape index (κ3) is 3.73. The van der Waals surface area contributed by atoms with Crippen LogP contribution in [0.4, 0.5) is 20.2 Å². The minimum atomic E-state index is -0.894. The molecule has 9 heteroatoms. The molecule has 0 unspecified atom stereocenters. The van der Waals surface area contributed by atoms with Gasteiger partial charge in [-0.3, -0.25) is 4.79 Å². The molecular weight excluding hydrogens is 476 g/mol. The summed E-state index contributed by atoms with van der Waals surface area (Å²) in [4.78, 5) is 18.1. The lowest BCUT2D eigenvalue weighted by atomic mass is 10.1. The number of nitrogen functional groups attached to an aromatic ring is 1. The van der Waals surface area contributed by atoms with Gasteiger partial charge in [-0.25, -0.2) is 13.8 Å². The molecule has 0 atom stereocenters. The molecule has 0 aliphatic rings. The highest BCUT2D eigenvalue weighted by atomic mass is 79.9. The second-order valence-electron chi connectivity index (χ2n) is 6.32. The molecule has 0 aliphatic carbocycles. The molecule has 0 radical (unpaired) electrons. The van der Waals surface area contributed by atoms with Crippen molar-refractivity contribution in [1.82, 2.24) is 4.98 Å². The highest BCUT2D eigenvalue weighted by Crippen LogP contribution is 2.36. The highest BCUT2D eigenvalue weighted by Gasteiger charge is 2.20. The second-order valence-corrected chi connectivity index (χ2v) is 8.17. The Labute approximate surface area is 182 Å². The Morgan fingerprint density at radius 1 is 1.17 bits per heavy atom. The van der Waals surface area contributed by atoms with Gasteiger partial charge < -0.3 is 15.8 Å². The topological polar surface area (TPSA) is 77.2 Å². The number of ether oxygens (including phenoxy) is 1. The van der Waals surface area contributed by atoms with Gasteiger partial charge in [-0.1, -0.05) is 0 Å². The van der Waals surface area contributed by atoms with E-state index in [0.29, 0.717) is 22.0 Å². The zero-order valence-electron chi connectivity index (χ0n) is 15.5. The Morgan fingerprint density at radius 3 is 2.57 bits per heavy atom. The number of anilines is 2. The molecular formula is C21H14BrF2N3O2S. The third-order valence-corrected chi connectivity index (χ3v) is 6.17. The number of nitrogens with two attached hydrogens (primary N) is 1. The van der Waals surface area contributed by atoms with E-state index in [1.54, 1.807) is 13.2 Å². The fourth-order valence-electron chi connectivity index (χ4n) is 2.92. The summed E-state index contributed by atoms with van der Waals surface area (Å²) in [6.45, 7) is 0. The van der Waals surface area contributed by atoms with Crippen molar-refractivity contribution in [3.05, 3.63) is 69.5 Å². The standard InChI is InChI=1S/C21H14BrF2N3O2S/c1-29-12-4-2-10(3-5-12)16-7-6-13-17(25)19(30-21(13)26-16)20(28)27-18-14(22)8-11(23)9-15(18)24/h2-9H,25H2,1H3,(H,27,28). The van der Waals surface area contributed by atoms with Crippen LogP contribution in [0.3, 0.4) is 0 Å². The molecule has 1 amide bonds. The van der Waals surface area contributed by atoms with E-state index in [0.717, 1.165) is 28.7 Å². The molecule has 0 saturated carbocycles. The SMILES string of the molecule is COc1ccc(-c2ccc3c(N)c(C(=O)Nc4c(F)cc(F)cc4Br)sc3n2)cc1. The lowest BCUT2D eigenvalue weighted by molar-refractivity contribution is 0.103. The first kappa shape index (κ1) is 20.2. The number of halogens is 3. The summed E-state index contributed by atoms with van der Waals surface area (Å²) >= 11 is 4.15. The van der Waals surface area contributed by atoms with Gasteiger partial charge >= 0.3 is 0 Å². The molecule has 4 rings (SSSR count).